The lowest BCUT2D eigenvalue weighted by Crippen LogP contribution is -2.57. The van der Waals surface area contributed by atoms with E-state index in [1.54, 1.807) is 35.9 Å². The number of benzene rings is 3. The van der Waals surface area contributed by atoms with Gasteiger partial charge in [-0.1, -0.05) is 75.1 Å². The van der Waals surface area contributed by atoms with Gasteiger partial charge in [0, 0.05) is 49.7 Å². The van der Waals surface area contributed by atoms with E-state index < -0.39 is 69.0 Å². The van der Waals surface area contributed by atoms with E-state index in [0.29, 0.717) is 30.4 Å². The van der Waals surface area contributed by atoms with Crippen molar-refractivity contribution in [2.24, 2.45) is 11.1 Å². The number of aliphatic hydroxyl groups excluding tert-OH is 1. The summed E-state index contributed by atoms with van der Waals surface area (Å²) in [4.78, 5) is 64.7. The number of nitrogens with zero attached hydrogens (tertiary/aromatic N) is 4. The fourth-order valence-corrected chi connectivity index (χ4v) is 9.65. The summed E-state index contributed by atoms with van der Waals surface area (Å²) < 4.78 is 72.4. The molecule has 3 aromatic heterocycles. The fourth-order valence-electron chi connectivity index (χ4n) is 8.27. The lowest BCUT2D eigenvalue weighted by atomic mass is 9.85. The van der Waals surface area contributed by atoms with Gasteiger partial charge in [-0.05, 0) is 85.2 Å². The normalized spacial score (nSPS) is 15.3. The summed E-state index contributed by atoms with van der Waals surface area (Å²) >= 11 is 1.55. The number of alkyl halides is 2. The molecule has 18 nitrogen and oxygen atoms in total. The number of thiazole rings is 1. The van der Waals surface area contributed by atoms with Gasteiger partial charge < -0.3 is 36.4 Å². The maximum Gasteiger partial charge on any atom is 0.355 e. The first-order valence-corrected chi connectivity index (χ1v) is 26.5. The molecule has 0 radical (unpaired) electrons. The number of amides is 4. The van der Waals surface area contributed by atoms with E-state index >= 15 is 0 Å². The van der Waals surface area contributed by atoms with Crippen LogP contribution in [0.1, 0.15) is 98.6 Å². The zero-order valence-electron chi connectivity index (χ0n) is 42.1. The number of hydrogen-bond donors (Lipinski definition) is 7. The Morgan fingerprint density at radius 1 is 1.00 bits per heavy atom. The highest BCUT2D eigenvalue weighted by atomic mass is 32.2. The number of β-amino-alcohol motifs (C(OH)–C–C–N with tert-alkyl or cyclic N) is 1. The largest absolute Gasteiger partial charge is 0.484 e. The average Bonchev–Trinajstić information content (AvgIpc) is 4.13. The minimum absolute atomic E-state index is 0.00930. The van der Waals surface area contributed by atoms with Gasteiger partial charge in [0.05, 0.1) is 27.9 Å². The van der Waals surface area contributed by atoms with E-state index in [0.717, 1.165) is 27.8 Å². The van der Waals surface area contributed by atoms with Crippen LogP contribution in [0.3, 0.4) is 0 Å². The molecule has 6 aromatic rings. The maximum atomic E-state index is 14.1. The van der Waals surface area contributed by atoms with Crippen molar-refractivity contribution < 1.29 is 50.6 Å². The van der Waals surface area contributed by atoms with Gasteiger partial charge in [0.25, 0.3) is 15.9 Å². The molecular formula is C53H57F3N10O8S2. The van der Waals surface area contributed by atoms with Crippen LogP contribution in [-0.4, -0.2) is 92.7 Å². The van der Waals surface area contributed by atoms with Gasteiger partial charge in [-0.3, -0.25) is 29.0 Å². The van der Waals surface area contributed by atoms with Crippen molar-refractivity contribution >= 4 is 62.3 Å². The standard InChI is InChI=1S/C53H57F3N10O8S2/c1-30-46(75-29-60-30)35-15-12-33(13-16-35)27-59-50(70)40-25-38(67)28-66(40)51(71)47(53(3,4)5)62-43(68)11-9-7-6-8-10-32-14-23-42(58-26-32)61-49-44(48(57)69)45(63-64-49)36-19-22-39(65-76(72,73)52(55)56)41(24-36)74-31(2)34-17-20-37(54)21-18-34/h12-24,26,29,31,38,40,47,52,65,67H,6-7,9,11,25,27-28H2,1-5H3,(H2,57,69)(H,59,70)(H,62,68)(H2,58,61,63,64)/t31-,38+,40-,47+/m0/s1. The second-order valence-electron chi connectivity index (χ2n) is 19.1. The van der Waals surface area contributed by atoms with Crippen LogP contribution < -0.4 is 31.1 Å². The van der Waals surface area contributed by atoms with Gasteiger partial charge in [-0.15, -0.1) is 11.3 Å². The molecule has 1 fully saturated rings. The molecule has 4 heterocycles. The van der Waals surface area contributed by atoms with Crippen molar-refractivity contribution in [2.45, 2.75) is 103 Å². The van der Waals surface area contributed by atoms with E-state index in [9.17, 15) is 45.9 Å². The summed E-state index contributed by atoms with van der Waals surface area (Å²) in [5.41, 5.74) is 10.5. The molecular weight excluding hydrogens is 1030 g/mol. The lowest BCUT2D eigenvalue weighted by Gasteiger charge is -2.35. The Hall–Kier alpha value is -7.81. The summed E-state index contributed by atoms with van der Waals surface area (Å²) in [7, 11) is -5.12. The summed E-state index contributed by atoms with van der Waals surface area (Å²) in [6, 6.07) is 18.3. The third-order valence-corrected chi connectivity index (χ3v) is 14.3. The van der Waals surface area contributed by atoms with E-state index in [1.165, 1.54) is 47.5 Å². The first-order chi connectivity index (χ1) is 36.1. The molecule has 0 saturated carbocycles. The number of pyridine rings is 1. The number of carbonyl (C=O) groups is 4. The molecule has 0 aliphatic carbocycles. The number of likely N-dealkylation sites (tertiary alicyclic amines) is 1. The predicted molar refractivity (Wildman–Crippen MR) is 281 cm³/mol. The first kappa shape index (κ1) is 55.9. The van der Waals surface area contributed by atoms with Crippen molar-refractivity contribution in [3.05, 3.63) is 124 Å². The van der Waals surface area contributed by atoms with Gasteiger partial charge >= 0.3 is 5.76 Å². The third kappa shape index (κ3) is 14.1. The van der Waals surface area contributed by atoms with Crippen LogP contribution in [0, 0.1) is 30.0 Å². The highest BCUT2D eigenvalue weighted by Crippen LogP contribution is 2.37. The van der Waals surface area contributed by atoms with Gasteiger partial charge in [-0.25, -0.2) is 22.8 Å². The SMILES string of the molecule is Cc1ncsc1-c1ccc(CNC(=O)[C@@H]2C[C@@H](O)CN2C(=O)[C@@H](NC(=O)CCCCC#Cc2ccc(Nc3[nH]nc(-c4ccc(NS(=O)(=O)C(F)F)c(O[C@@H](C)c5ccc(F)cc5)c4)c3C(N)=O)nc2)C(C)(C)C)cc1. The van der Waals surface area contributed by atoms with Crippen molar-refractivity contribution in [1.29, 1.82) is 0 Å². The number of aryl methyl sites for hydroxylation is 1. The average molecular weight is 1080 g/mol. The molecule has 7 rings (SSSR count). The number of ether oxygens (including phenoxy) is 1. The minimum atomic E-state index is -5.12. The number of halogens is 3. The highest BCUT2D eigenvalue weighted by Gasteiger charge is 2.44. The van der Waals surface area contributed by atoms with E-state index in [4.69, 9.17) is 10.5 Å². The Balaban J connectivity index is 0.912. The second-order valence-corrected chi connectivity index (χ2v) is 21.6. The maximum absolute atomic E-state index is 14.1. The number of rotatable bonds is 20. The van der Waals surface area contributed by atoms with Crippen LogP contribution in [0.2, 0.25) is 0 Å². The number of sulfonamides is 1. The number of aliphatic hydroxyl groups is 1. The number of aromatic nitrogens is 4. The molecule has 23 heteroatoms. The molecule has 0 bridgehead atoms. The summed E-state index contributed by atoms with van der Waals surface area (Å²) in [6.45, 7) is 9.19. The summed E-state index contributed by atoms with van der Waals surface area (Å²) in [5.74, 6) is -0.128. The topological polar surface area (TPSA) is 264 Å². The predicted octanol–water partition coefficient (Wildman–Crippen LogP) is 7.71. The lowest BCUT2D eigenvalue weighted by molar-refractivity contribution is -0.144. The molecule has 8 N–H and O–H groups in total. The molecule has 4 amide bonds. The van der Waals surface area contributed by atoms with Crippen molar-refractivity contribution in [1.82, 2.24) is 35.7 Å². The molecule has 76 heavy (non-hydrogen) atoms. The van der Waals surface area contributed by atoms with Gasteiger partial charge in [0.1, 0.15) is 52.6 Å². The summed E-state index contributed by atoms with van der Waals surface area (Å²) in [5, 5.41) is 26.3. The Morgan fingerprint density at radius 3 is 2.37 bits per heavy atom. The Kier molecular flexibility index (Phi) is 17.8. The Labute approximate surface area is 441 Å². The van der Waals surface area contributed by atoms with Crippen LogP contribution >= 0.6 is 11.3 Å². The van der Waals surface area contributed by atoms with Crippen molar-refractivity contribution in [2.75, 3.05) is 16.6 Å². The molecule has 0 unspecified atom stereocenters. The van der Waals surface area contributed by atoms with E-state index in [-0.39, 0.29) is 71.7 Å². The number of nitrogens with two attached hydrogens (primary N) is 1. The highest BCUT2D eigenvalue weighted by molar-refractivity contribution is 7.93. The monoisotopic (exact) mass is 1080 g/mol. The zero-order chi connectivity index (χ0) is 54.9. The molecule has 4 atom stereocenters. The molecule has 1 aliphatic rings. The number of nitrogens with one attached hydrogen (secondary N) is 5. The Bertz CT molecular complexity index is 3230. The van der Waals surface area contributed by atoms with E-state index in [2.05, 4.69) is 48.0 Å². The van der Waals surface area contributed by atoms with Crippen LogP contribution in [0.4, 0.5) is 30.5 Å². The third-order valence-electron chi connectivity index (χ3n) is 12.3. The number of hydrogen-bond acceptors (Lipinski definition) is 13. The van der Waals surface area contributed by atoms with E-state index in [1.807, 2.05) is 56.7 Å². The van der Waals surface area contributed by atoms with Gasteiger partial charge in [0.2, 0.25) is 17.7 Å². The molecule has 1 aliphatic heterocycles. The van der Waals surface area contributed by atoms with Crippen LogP contribution in [0.15, 0.2) is 90.6 Å². The number of carbonyl (C=O) groups excluding carboxylic acids is 4. The quantitative estimate of drug-likeness (QED) is 0.0286. The molecule has 3 aromatic carbocycles. The summed E-state index contributed by atoms with van der Waals surface area (Å²) in [6.07, 6.45) is 1.47. The molecule has 400 valence electrons. The smallest absolute Gasteiger partial charge is 0.355 e. The van der Waals surface area contributed by atoms with Crippen molar-refractivity contribution in [3.8, 4) is 39.3 Å². The van der Waals surface area contributed by atoms with Crippen molar-refractivity contribution in [3.63, 3.8) is 0 Å². The molecule has 1 saturated heterocycles. The van der Waals surface area contributed by atoms with Crippen LogP contribution in [0.5, 0.6) is 5.75 Å². The van der Waals surface area contributed by atoms with Crippen LogP contribution in [0.25, 0.3) is 21.7 Å². The number of anilines is 3. The number of aromatic amines is 1. The van der Waals surface area contributed by atoms with Gasteiger partial charge in [0.15, 0.2) is 0 Å². The minimum Gasteiger partial charge on any atom is -0.484 e. The first-order valence-electron chi connectivity index (χ1n) is 24.1. The van der Waals surface area contributed by atoms with Crippen LogP contribution in [-0.2, 0) is 31.0 Å². The Morgan fingerprint density at radius 2 is 1.72 bits per heavy atom. The number of primary amides is 1. The second kappa shape index (κ2) is 24.2. The number of unbranched alkanes of at least 4 members (excludes halogenated alkanes) is 2. The molecule has 0 spiro atoms. The fraction of sp³-hybridized carbons (Fsp3) is 0.340. The van der Waals surface area contributed by atoms with Gasteiger partial charge in [-0.2, -0.15) is 13.9 Å². The number of H-pyrrole nitrogens is 1. The zero-order valence-corrected chi connectivity index (χ0v) is 43.8.